The molecule has 2 unspecified atom stereocenters. The van der Waals surface area contributed by atoms with Gasteiger partial charge in [0.1, 0.15) is 5.75 Å². The highest BCUT2D eigenvalue weighted by atomic mass is 16.5. The molecule has 1 aromatic rings. The van der Waals surface area contributed by atoms with Crippen LogP contribution in [0, 0.1) is 6.92 Å². The molecule has 0 radical (unpaired) electrons. The molecule has 2 atom stereocenters. The Hall–Kier alpha value is -2.08. The maximum absolute atomic E-state index is 11.9. The van der Waals surface area contributed by atoms with Gasteiger partial charge in [0.25, 0.3) is 5.91 Å². The van der Waals surface area contributed by atoms with E-state index in [0.717, 1.165) is 5.56 Å². The predicted octanol–water partition coefficient (Wildman–Crippen LogP) is 1.37. The Morgan fingerprint density at radius 1 is 1.38 bits per heavy atom. The van der Waals surface area contributed by atoms with Crippen LogP contribution in [0.2, 0.25) is 0 Å². The number of aryl methyl sites for hydroxylation is 1. The van der Waals surface area contributed by atoms with E-state index >= 15 is 0 Å². The Morgan fingerprint density at radius 3 is 2.67 bits per heavy atom. The molecule has 6 nitrogen and oxygen atoms in total. The Kier molecular flexibility index (Phi) is 6.68. The van der Waals surface area contributed by atoms with Crippen molar-refractivity contribution < 1.29 is 24.2 Å². The number of rotatable bonds is 8. The third-order valence-electron chi connectivity index (χ3n) is 2.91. The van der Waals surface area contributed by atoms with Gasteiger partial charge in [0, 0.05) is 13.7 Å². The van der Waals surface area contributed by atoms with Gasteiger partial charge in [0.2, 0.25) is 0 Å². The summed E-state index contributed by atoms with van der Waals surface area (Å²) < 4.78 is 10.5. The second kappa shape index (κ2) is 8.26. The van der Waals surface area contributed by atoms with Crippen LogP contribution in [0.15, 0.2) is 24.3 Å². The van der Waals surface area contributed by atoms with Crippen molar-refractivity contribution in [2.24, 2.45) is 0 Å². The fraction of sp³-hybridized carbons (Fsp3) is 0.467. The standard InChI is InChI=1S/C15H21NO5/c1-10-5-4-6-12(7-10)21-11(2)15(19)16-9-13(20-3)8-14(17)18/h4-7,11,13H,8-9H2,1-3H3,(H,16,19)(H,17,18). The van der Waals surface area contributed by atoms with Crippen LogP contribution in [0.4, 0.5) is 0 Å². The van der Waals surface area contributed by atoms with E-state index < -0.39 is 18.2 Å². The number of amides is 1. The molecule has 0 aromatic heterocycles. The van der Waals surface area contributed by atoms with Crippen LogP contribution in [0.25, 0.3) is 0 Å². The molecule has 0 heterocycles. The summed E-state index contributed by atoms with van der Waals surface area (Å²) in [6.07, 6.45) is -1.39. The molecular formula is C15H21NO5. The highest BCUT2D eigenvalue weighted by molar-refractivity contribution is 5.80. The molecule has 0 aliphatic rings. The molecule has 2 N–H and O–H groups in total. The molecular weight excluding hydrogens is 274 g/mol. The molecule has 21 heavy (non-hydrogen) atoms. The highest BCUT2D eigenvalue weighted by Crippen LogP contribution is 2.14. The lowest BCUT2D eigenvalue weighted by atomic mass is 10.2. The van der Waals surface area contributed by atoms with E-state index in [2.05, 4.69) is 5.32 Å². The van der Waals surface area contributed by atoms with E-state index in [1.165, 1.54) is 7.11 Å². The number of carboxylic acid groups (broad SMARTS) is 1. The molecule has 0 aliphatic carbocycles. The number of aliphatic carboxylic acids is 1. The van der Waals surface area contributed by atoms with Gasteiger partial charge in [-0.15, -0.1) is 0 Å². The summed E-state index contributed by atoms with van der Waals surface area (Å²) in [7, 11) is 1.41. The van der Waals surface area contributed by atoms with Crippen molar-refractivity contribution in [3.63, 3.8) is 0 Å². The molecule has 0 fully saturated rings. The summed E-state index contributed by atoms with van der Waals surface area (Å²) >= 11 is 0. The van der Waals surface area contributed by atoms with E-state index in [9.17, 15) is 9.59 Å². The zero-order chi connectivity index (χ0) is 15.8. The van der Waals surface area contributed by atoms with Crippen molar-refractivity contribution in [1.29, 1.82) is 0 Å². The normalized spacial score (nSPS) is 13.3. The third-order valence-corrected chi connectivity index (χ3v) is 2.91. The zero-order valence-corrected chi connectivity index (χ0v) is 12.5. The number of hydrogen-bond acceptors (Lipinski definition) is 4. The van der Waals surface area contributed by atoms with Crippen molar-refractivity contribution in [1.82, 2.24) is 5.32 Å². The number of ether oxygens (including phenoxy) is 2. The molecule has 1 amide bonds. The van der Waals surface area contributed by atoms with E-state index in [4.69, 9.17) is 14.6 Å². The fourth-order valence-electron chi connectivity index (χ4n) is 1.74. The SMILES string of the molecule is COC(CNC(=O)C(C)Oc1cccc(C)c1)CC(=O)O. The summed E-state index contributed by atoms with van der Waals surface area (Å²) in [5.74, 6) is -0.671. The summed E-state index contributed by atoms with van der Waals surface area (Å²) in [6, 6.07) is 7.40. The van der Waals surface area contributed by atoms with Crippen LogP contribution >= 0.6 is 0 Å². The van der Waals surface area contributed by atoms with Crippen LogP contribution in [0.3, 0.4) is 0 Å². The summed E-state index contributed by atoms with van der Waals surface area (Å²) in [5, 5.41) is 11.3. The average molecular weight is 295 g/mol. The zero-order valence-electron chi connectivity index (χ0n) is 12.5. The van der Waals surface area contributed by atoms with E-state index in [1.807, 2.05) is 25.1 Å². The van der Waals surface area contributed by atoms with E-state index in [0.29, 0.717) is 5.75 Å². The van der Waals surface area contributed by atoms with Crippen molar-refractivity contribution in [3.05, 3.63) is 29.8 Å². The van der Waals surface area contributed by atoms with Crippen LogP contribution in [0.1, 0.15) is 18.9 Å². The van der Waals surface area contributed by atoms with Gasteiger partial charge in [0.05, 0.1) is 12.5 Å². The lowest BCUT2D eigenvalue weighted by molar-refractivity contribution is -0.140. The monoisotopic (exact) mass is 295 g/mol. The molecule has 0 bridgehead atoms. The van der Waals surface area contributed by atoms with Gasteiger partial charge in [-0.3, -0.25) is 9.59 Å². The minimum Gasteiger partial charge on any atom is -0.481 e. The summed E-state index contributed by atoms with van der Waals surface area (Å²) in [5.41, 5.74) is 1.04. The highest BCUT2D eigenvalue weighted by Gasteiger charge is 2.18. The van der Waals surface area contributed by atoms with Crippen molar-refractivity contribution in [2.45, 2.75) is 32.5 Å². The quantitative estimate of drug-likeness (QED) is 0.756. The number of nitrogens with one attached hydrogen (secondary N) is 1. The third kappa shape index (κ3) is 6.27. The predicted molar refractivity (Wildman–Crippen MR) is 77.3 cm³/mol. The molecule has 1 aromatic carbocycles. The van der Waals surface area contributed by atoms with Crippen LogP contribution in [-0.4, -0.2) is 42.8 Å². The molecule has 0 saturated carbocycles. The van der Waals surface area contributed by atoms with E-state index in [-0.39, 0.29) is 18.9 Å². The molecule has 0 spiro atoms. The van der Waals surface area contributed by atoms with Crippen molar-refractivity contribution in [2.75, 3.05) is 13.7 Å². The van der Waals surface area contributed by atoms with Crippen molar-refractivity contribution in [3.8, 4) is 5.75 Å². The van der Waals surface area contributed by atoms with E-state index in [1.54, 1.807) is 13.0 Å². The Bertz CT molecular complexity index is 489. The Labute approximate surface area is 124 Å². The average Bonchev–Trinajstić information content (AvgIpc) is 2.42. The Balaban J connectivity index is 2.45. The molecule has 116 valence electrons. The number of carbonyl (C=O) groups is 2. The second-order valence-electron chi connectivity index (χ2n) is 4.78. The number of benzene rings is 1. The first kappa shape index (κ1) is 17.0. The maximum atomic E-state index is 11.9. The fourth-order valence-corrected chi connectivity index (χ4v) is 1.74. The molecule has 6 heteroatoms. The Morgan fingerprint density at radius 2 is 2.10 bits per heavy atom. The number of methoxy groups -OCH3 is 1. The number of carbonyl (C=O) groups excluding carboxylic acids is 1. The van der Waals surface area contributed by atoms with Gasteiger partial charge in [-0.2, -0.15) is 0 Å². The van der Waals surface area contributed by atoms with Gasteiger partial charge in [-0.05, 0) is 31.5 Å². The minimum absolute atomic E-state index is 0.128. The molecule has 0 saturated heterocycles. The van der Waals surface area contributed by atoms with Crippen LogP contribution in [0.5, 0.6) is 5.75 Å². The minimum atomic E-state index is -0.972. The van der Waals surface area contributed by atoms with Gasteiger partial charge in [-0.1, -0.05) is 12.1 Å². The lowest BCUT2D eigenvalue weighted by Gasteiger charge is -2.18. The molecule has 0 aliphatic heterocycles. The smallest absolute Gasteiger partial charge is 0.306 e. The largest absolute Gasteiger partial charge is 0.481 e. The lowest BCUT2D eigenvalue weighted by Crippen LogP contribution is -2.41. The first-order chi connectivity index (χ1) is 9.92. The van der Waals surface area contributed by atoms with Crippen LogP contribution < -0.4 is 10.1 Å². The van der Waals surface area contributed by atoms with Gasteiger partial charge in [0.15, 0.2) is 6.10 Å². The maximum Gasteiger partial charge on any atom is 0.306 e. The summed E-state index contributed by atoms with van der Waals surface area (Å²) in [4.78, 5) is 22.5. The van der Waals surface area contributed by atoms with Gasteiger partial charge < -0.3 is 19.9 Å². The number of hydrogen-bond donors (Lipinski definition) is 2. The molecule has 1 rings (SSSR count). The topological polar surface area (TPSA) is 84.9 Å². The van der Waals surface area contributed by atoms with Crippen LogP contribution in [-0.2, 0) is 14.3 Å². The first-order valence-electron chi connectivity index (χ1n) is 6.68. The summed E-state index contributed by atoms with van der Waals surface area (Å²) in [6.45, 7) is 3.70. The van der Waals surface area contributed by atoms with Gasteiger partial charge >= 0.3 is 5.97 Å². The number of carboxylic acids is 1. The second-order valence-corrected chi connectivity index (χ2v) is 4.78. The van der Waals surface area contributed by atoms with Gasteiger partial charge in [-0.25, -0.2) is 0 Å². The first-order valence-corrected chi connectivity index (χ1v) is 6.68. The van der Waals surface area contributed by atoms with Crippen molar-refractivity contribution >= 4 is 11.9 Å².